The zero-order chi connectivity index (χ0) is 21.7. The minimum Gasteiger partial charge on any atom is -0.299 e. The average Bonchev–Trinajstić information content (AvgIpc) is 3.34. The lowest BCUT2D eigenvalue weighted by molar-refractivity contribution is -0.118. The van der Waals surface area contributed by atoms with Gasteiger partial charge in [0.25, 0.3) is 0 Å². The zero-order valence-corrected chi connectivity index (χ0v) is 17.6. The van der Waals surface area contributed by atoms with Gasteiger partial charge in [-0.25, -0.2) is 13.1 Å². The van der Waals surface area contributed by atoms with Crippen LogP contribution in [0, 0.1) is 0 Å². The van der Waals surface area contributed by atoms with Gasteiger partial charge in [0.2, 0.25) is 9.84 Å². The molecule has 0 unspecified atom stereocenters. The fourth-order valence-corrected chi connectivity index (χ4v) is 4.58. The first-order valence-corrected chi connectivity index (χ1v) is 11.4. The number of aryl methyl sites for hydroxylation is 1. The van der Waals surface area contributed by atoms with Crippen molar-refractivity contribution in [3.63, 3.8) is 0 Å². The molecule has 0 saturated heterocycles. The van der Waals surface area contributed by atoms with E-state index in [4.69, 9.17) is 0 Å². The van der Waals surface area contributed by atoms with E-state index in [1.807, 2.05) is 12.1 Å². The Kier molecular flexibility index (Phi) is 6.04. The van der Waals surface area contributed by atoms with Crippen molar-refractivity contribution in [1.29, 1.82) is 0 Å². The van der Waals surface area contributed by atoms with Gasteiger partial charge in [-0.3, -0.25) is 9.78 Å². The van der Waals surface area contributed by atoms with Crippen LogP contribution in [0.25, 0.3) is 5.69 Å². The quantitative estimate of drug-likeness (QED) is 0.423. The number of pyridine rings is 1. The molecule has 0 fully saturated rings. The lowest BCUT2D eigenvalue weighted by Crippen LogP contribution is -2.06. The molecule has 0 aliphatic heterocycles. The van der Waals surface area contributed by atoms with Crippen molar-refractivity contribution in [2.45, 2.75) is 29.1 Å². The fourth-order valence-electron chi connectivity index (χ4n) is 3.28. The summed E-state index contributed by atoms with van der Waals surface area (Å²) in [5.74, 6) is 0.103. The van der Waals surface area contributed by atoms with E-state index in [9.17, 15) is 13.2 Å². The third-order valence-corrected chi connectivity index (χ3v) is 6.71. The summed E-state index contributed by atoms with van der Waals surface area (Å²) in [6.07, 6.45) is 8.19. The van der Waals surface area contributed by atoms with Crippen LogP contribution in [-0.2, 0) is 27.5 Å². The van der Waals surface area contributed by atoms with E-state index in [1.165, 1.54) is 0 Å². The van der Waals surface area contributed by atoms with E-state index in [2.05, 4.69) is 10.1 Å². The summed E-state index contributed by atoms with van der Waals surface area (Å²) in [5.41, 5.74) is 2.48. The molecule has 0 N–H and O–H groups in total. The van der Waals surface area contributed by atoms with Crippen molar-refractivity contribution < 1.29 is 13.2 Å². The Bertz CT molecular complexity index is 1270. The summed E-state index contributed by atoms with van der Waals surface area (Å²) in [6.45, 7) is 0. The maximum Gasteiger partial charge on any atom is 0.206 e. The Morgan fingerprint density at radius 1 is 0.871 bits per heavy atom. The van der Waals surface area contributed by atoms with Crippen molar-refractivity contribution in [1.82, 2.24) is 14.8 Å². The number of Topliss-reactive ketones (excluding diaryl/α,β-unsaturated/α-hetero) is 1. The maximum atomic E-state index is 13.0. The lowest BCUT2D eigenvalue weighted by atomic mass is 10.0. The number of hydrogen-bond donors (Lipinski definition) is 0. The highest BCUT2D eigenvalue weighted by atomic mass is 32.2. The number of sulfone groups is 1. The summed E-state index contributed by atoms with van der Waals surface area (Å²) in [5, 5.41) is 4.14. The molecule has 4 aromatic rings. The van der Waals surface area contributed by atoms with E-state index in [0.29, 0.717) is 18.5 Å². The number of hydrogen-bond acceptors (Lipinski definition) is 5. The Labute approximate surface area is 181 Å². The van der Waals surface area contributed by atoms with E-state index >= 15 is 0 Å². The van der Waals surface area contributed by atoms with Gasteiger partial charge < -0.3 is 0 Å². The number of ketones is 1. The molecular weight excluding hydrogens is 410 g/mol. The van der Waals surface area contributed by atoms with Gasteiger partial charge in [-0.1, -0.05) is 24.3 Å². The van der Waals surface area contributed by atoms with Crippen LogP contribution in [0.15, 0.2) is 101 Å². The predicted molar refractivity (Wildman–Crippen MR) is 117 cm³/mol. The number of nitrogens with zero attached hydrogens (tertiary/aromatic N) is 3. The second-order valence-electron chi connectivity index (χ2n) is 7.17. The predicted octanol–water partition coefficient (Wildman–Crippen LogP) is 3.84. The molecule has 0 bridgehead atoms. The average molecular weight is 432 g/mol. The van der Waals surface area contributed by atoms with Gasteiger partial charge in [0.05, 0.1) is 15.5 Å². The van der Waals surface area contributed by atoms with Crippen molar-refractivity contribution in [3.8, 4) is 5.69 Å². The van der Waals surface area contributed by atoms with E-state index < -0.39 is 9.84 Å². The van der Waals surface area contributed by atoms with Crippen molar-refractivity contribution in [2.24, 2.45) is 0 Å². The molecule has 6 nitrogen and oxygen atoms in total. The molecule has 0 atom stereocenters. The minimum absolute atomic E-state index is 0.103. The summed E-state index contributed by atoms with van der Waals surface area (Å²) in [7, 11) is -3.68. The molecule has 0 spiro atoms. The largest absolute Gasteiger partial charge is 0.299 e. The Hall–Kier alpha value is -3.58. The summed E-state index contributed by atoms with van der Waals surface area (Å²) >= 11 is 0. The lowest BCUT2D eigenvalue weighted by Gasteiger charge is -2.08. The number of aromatic nitrogens is 3. The molecule has 7 heteroatoms. The highest BCUT2D eigenvalue weighted by molar-refractivity contribution is 7.91. The number of carbonyl (C=O) groups is 1. The van der Waals surface area contributed by atoms with Crippen LogP contribution >= 0.6 is 0 Å². The SMILES string of the molecule is O=C(CCc1cccnc1)Cc1ccc(S(=O)(=O)c2cccc(-n3cccn3)c2)cc1. The van der Waals surface area contributed by atoms with Gasteiger partial charge in [-0.15, -0.1) is 0 Å². The zero-order valence-electron chi connectivity index (χ0n) is 16.8. The molecule has 0 saturated carbocycles. The van der Waals surface area contributed by atoms with Crippen LogP contribution in [0.4, 0.5) is 0 Å². The fraction of sp³-hybridized carbons (Fsp3) is 0.125. The summed E-state index contributed by atoms with van der Waals surface area (Å²) in [4.78, 5) is 16.7. The highest BCUT2D eigenvalue weighted by Gasteiger charge is 2.18. The topological polar surface area (TPSA) is 81.9 Å². The Morgan fingerprint density at radius 3 is 2.42 bits per heavy atom. The second-order valence-corrected chi connectivity index (χ2v) is 9.12. The highest BCUT2D eigenvalue weighted by Crippen LogP contribution is 2.23. The Balaban J connectivity index is 1.45. The number of benzene rings is 2. The van der Waals surface area contributed by atoms with Crippen LogP contribution in [0.5, 0.6) is 0 Å². The van der Waals surface area contributed by atoms with Gasteiger partial charge in [0, 0.05) is 37.6 Å². The van der Waals surface area contributed by atoms with E-state index in [0.717, 1.165) is 11.1 Å². The van der Waals surface area contributed by atoms with Gasteiger partial charge in [-0.05, 0) is 60.0 Å². The molecule has 4 rings (SSSR count). The van der Waals surface area contributed by atoms with Crippen molar-refractivity contribution in [2.75, 3.05) is 0 Å². The molecule has 0 aliphatic carbocycles. The third-order valence-electron chi connectivity index (χ3n) is 4.95. The molecule has 2 aromatic heterocycles. The van der Waals surface area contributed by atoms with Crippen LogP contribution in [0.1, 0.15) is 17.5 Å². The van der Waals surface area contributed by atoms with Crippen molar-refractivity contribution in [3.05, 3.63) is 103 Å². The van der Waals surface area contributed by atoms with Crippen LogP contribution in [-0.4, -0.2) is 29.0 Å². The van der Waals surface area contributed by atoms with Gasteiger partial charge in [-0.2, -0.15) is 5.10 Å². The molecule has 31 heavy (non-hydrogen) atoms. The van der Waals surface area contributed by atoms with Gasteiger partial charge >= 0.3 is 0 Å². The normalized spacial score (nSPS) is 11.4. The molecule has 2 aromatic carbocycles. The summed E-state index contributed by atoms with van der Waals surface area (Å²) in [6, 6.07) is 18.7. The molecule has 0 aliphatic rings. The first kappa shape index (κ1) is 20.7. The van der Waals surface area contributed by atoms with Crippen LogP contribution in [0.2, 0.25) is 0 Å². The smallest absolute Gasteiger partial charge is 0.206 e. The maximum absolute atomic E-state index is 13.0. The molecule has 2 heterocycles. The standard InChI is InChI=1S/C24H21N3O3S/c28-22(10-7-20-4-2-13-25-18-20)16-19-8-11-23(12-9-19)31(29,30)24-6-1-5-21(17-24)27-15-3-14-26-27/h1-6,8-9,11-15,17-18H,7,10,16H2. The third kappa shape index (κ3) is 4.95. The van der Waals surface area contributed by atoms with Gasteiger partial charge in [0.1, 0.15) is 5.78 Å². The van der Waals surface area contributed by atoms with Gasteiger partial charge in [0.15, 0.2) is 0 Å². The van der Waals surface area contributed by atoms with Crippen molar-refractivity contribution >= 4 is 15.6 Å². The van der Waals surface area contributed by atoms with Crippen LogP contribution < -0.4 is 0 Å². The van der Waals surface area contributed by atoms with Crippen LogP contribution in [0.3, 0.4) is 0 Å². The second kappa shape index (κ2) is 9.06. The molecular formula is C24H21N3O3S. The minimum atomic E-state index is -3.68. The van der Waals surface area contributed by atoms with E-state index in [-0.39, 0.29) is 22.0 Å². The number of rotatable bonds is 8. The number of carbonyl (C=O) groups excluding carboxylic acids is 1. The molecule has 0 radical (unpaired) electrons. The molecule has 0 amide bonds. The van der Waals surface area contributed by atoms with E-state index in [1.54, 1.807) is 84.1 Å². The first-order chi connectivity index (χ1) is 15.0. The first-order valence-electron chi connectivity index (χ1n) is 9.87. The monoisotopic (exact) mass is 431 g/mol. The summed E-state index contributed by atoms with van der Waals surface area (Å²) < 4.78 is 27.7. The molecule has 156 valence electrons. The Morgan fingerprint density at radius 2 is 1.71 bits per heavy atom.